The molecule has 0 aromatic carbocycles. The van der Waals surface area contributed by atoms with Crippen LogP contribution in [0, 0.1) is 0 Å². The summed E-state index contributed by atoms with van der Waals surface area (Å²) in [6, 6.07) is 0.392. The molecule has 1 aromatic heterocycles. The van der Waals surface area contributed by atoms with Crippen LogP contribution in [0.15, 0.2) is 0 Å². The third-order valence-corrected chi connectivity index (χ3v) is 3.23. The molecule has 1 fully saturated rings. The van der Waals surface area contributed by atoms with E-state index in [9.17, 15) is 0 Å². The van der Waals surface area contributed by atoms with E-state index in [0.717, 1.165) is 32.5 Å². The molecule has 2 heterocycles. The Kier molecular flexibility index (Phi) is 5.98. The standard InChI is InChI=1S/C14H25N5O2/c1-4-6-11(3)21-14-17-12(15-5-2)16-13(18-14)19-7-9-20-10-8-19/h11H,4-10H2,1-3H3,(H,15,16,17,18). The Morgan fingerprint density at radius 2 is 2.00 bits per heavy atom. The fourth-order valence-electron chi connectivity index (χ4n) is 2.19. The average molecular weight is 295 g/mol. The van der Waals surface area contributed by atoms with Gasteiger partial charge in [0.2, 0.25) is 11.9 Å². The van der Waals surface area contributed by atoms with Crippen molar-refractivity contribution in [2.45, 2.75) is 39.7 Å². The summed E-state index contributed by atoms with van der Waals surface area (Å²) in [6.45, 7) is 9.93. The monoisotopic (exact) mass is 295 g/mol. The van der Waals surface area contributed by atoms with E-state index in [1.807, 2.05) is 13.8 Å². The first-order valence-corrected chi connectivity index (χ1v) is 7.72. The fourth-order valence-corrected chi connectivity index (χ4v) is 2.19. The zero-order chi connectivity index (χ0) is 15.1. The Bertz CT molecular complexity index is 437. The number of ether oxygens (including phenoxy) is 2. The molecule has 1 aliphatic rings. The number of hydrogen-bond donors (Lipinski definition) is 1. The Morgan fingerprint density at radius 1 is 1.24 bits per heavy atom. The molecular formula is C14H25N5O2. The van der Waals surface area contributed by atoms with Crippen molar-refractivity contribution in [2.75, 3.05) is 43.1 Å². The highest BCUT2D eigenvalue weighted by molar-refractivity contribution is 5.38. The SMILES string of the molecule is CCCC(C)Oc1nc(NCC)nc(N2CCOCC2)n1. The van der Waals surface area contributed by atoms with Gasteiger partial charge in [-0.1, -0.05) is 13.3 Å². The van der Waals surface area contributed by atoms with Gasteiger partial charge in [0.1, 0.15) is 0 Å². The Morgan fingerprint density at radius 3 is 2.67 bits per heavy atom. The van der Waals surface area contributed by atoms with Crippen LogP contribution in [-0.2, 0) is 4.74 Å². The first kappa shape index (κ1) is 15.8. The number of nitrogens with zero attached hydrogens (tertiary/aromatic N) is 4. The van der Waals surface area contributed by atoms with E-state index in [-0.39, 0.29) is 6.10 Å². The lowest BCUT2D eigenvalue weighted by Gasteiger charge is -2.27. The number of anilines is 2. The molecule has 118 valence electrons. The van der Waals surface area contributed by atoms with Gasteiger partial charge in [-0.15, -0.1) is 0 Å². The third kappa shape index (κ3) is 4.70. The van der Waals surface area contributed by atoms with Crippen LogP contribution >= 0.6 is 0 Å². The molecule has 0 saturated carbocycles. The van der Waals surface area contributed by atoms with Crippen molar-refractivity contribution in [1.29, 1.82) is 0 Å². The van der Waals surface area contributed by atoms with Crippen LogP contribution in [0.2, 0.25) is 0 Å². The number of aromatic nitrogens is 3. The van der Waals surface area contributed by atoms with E-state index in [1.54, 1.807) is 0 Å². The molecule has 1 aliphatic heterocycles. The maximum Gasteiger partial charge on any atom is 0.323 e. The molecule has 1 atom stereocenters. The van der Waals surface area contributed by atoms with Crippen molar-refractivity contribution >= 4 is 11.9 Å². The van der Waals surface area contributed by atoms with E-state index >= 15 is 0 Å². The maximum absolute atomic E-state index is 5.81. The van der Waals surface area contributed by atoms with E-state index in [2.05, 4.69) is 32.1 Å². The van der Waals surface area contributed by atoms with Crippen LogP contribution in [0.3, 0.4) is 0 Å². The van der Waals surface area contributed by atoms with Crippen molar-refractivity contribution in [3.63, 3.8) is 0 Å². The molecule has 0 spiro atoms. The third-order valence-electron chi connectivity index (χ3n) is 3.23. The highest BCUT2D eigenvalue weighted by Crippen LogP contribution is 2.17. The number of morpholine rings is 1. The quantitative estimate of drug-likeness (QED) is 0.821. The van der Waals surface area contributed by atoms with Gasteiger partial charge in [-0.2, -0.15) is 15.0 Å². The predicted molar refractivity (Wildman–Crippen MR) is 82.0 cm³/mol. The van der Waals surface area contributed by atoms with Crippen LogP contribution in [0.4, 0.5) is 11.9 Å². The van der Waals surface area contributed by atoms with Crippen molar-refractivity contribution < 1.29 is 9.47 Å². The van der Waals surface area contributed by atoms with Crippen LogP contribution in [0.1, 0.15) is 33.6 Å². The van der Waals surface area contributed by atoms with Crippen LogP contribution < -0.4 is 15.0 Å². The van der Waals surface area contributed by atoms with Crippen molar-refractivity contribution in [2.24, 2.45) is 0 Å². The zero-order valence-corrected chi connectivity index (χ0v) is 13.1. The van der Waals surface area contributed by atoms with Gasteiger partial charge in [-0.25, -0.2) is 0 Å². The van der Waals surface area contributed by atoms with Gasteiger partial charge >= 0.3 is 6.01 Å². The van der Waals surface area contributed by atoms with E-state index in [1.165, 1.54) is 0 Å². The first-order valence-electron chi connectivity index (χ1n) is 7.72. The summed E-state index contributed by atoms with van der Waals surface area (Å²) in [5.41, 5.74) is 0. The number of rotatable bonds is 7. The number of nitrogens with one attached hydrogen (secondary N) is 1. The molecule has 21 heavy (non-hydrogen) atoms. The molecule has 0 bridgehead atoms. The van der Waals surface area contributed by atoms with Crippen molar-refractivity contribution in [3.8, 4) is 6.01 Å². The second-order valence-electron chi connectivity index (χ2n) is 5.09. The molecule has 7 heteroatoms. The molecule has 1 N–H and O–H groups in total. The topological polar surface area (TPSA) is 72.4 Å². The fraction of sp³-hybridized carbons (Fsp3) is 0.786. The minimum Gasteiger partial charge on any atom is -0.460 e. The van der Waals surface area contributed by atoms with Gasteiger partial charge in [-0.3, -0.25) is 0 Å². The van der Waals surface area contributed by atoms with Gasteiger partial charge in [0.05, 0.1) is 19.3 Å². The zero-order valence-electron chi connectivity index (χ0n) is 13.1. The molecule has 0 aliphatic carbocycles. The molecule has 1 saturated heterocycles. The largest absolute Gasteiger partial charge is 0.460 e. The van der Waals surface area contributed by atoms with Gasteiger partial charge in [0.15, 0.2) is 0 Å². The van der Waals surface area contributed by atoms with E-state index < -0.39 is 0 Å². The van der Waals surface area contributed by atoms with Gasteiger partial charge in [0.25, 0.3) is 0 Å². The maximum atomic E-state index is 5.81. The Hall–Kier alpha value is -1.63. The lowest BCUT2D eigenvalue weighted by Crippen LogP contribution is -2.37. The summed E-state index contributed by atoms with van der Waals surface area (Å²) in [5, 5.41) is 3.13. The smallest absolute Gasteiger partial charge is 0.323 e. The second kappa shape index (κ2) is 7.97. The molecule has 7 nitrogen and oxygen atoms in total. The van der Waals surface area contributed by atoms with Gasteiger partial charge in [0, 0.05) is 19.6 Å². The summed E-state index contributed by atoms with van der Waals surface area (Å²) in [4.78, 5) is 15.3. The van der Waals surface area contributed by atoms with E-state index in [0.29, 0.717) is 31.1 Å². The van der Waals surface area contributed by atoms with Crippen LogP contribution in [0.25, 0.3) is 0 Å². The van der Waals surface area contributed by atoms with Crippen molar-refractivity contribution in [1.82, 2.24) is 15.0 Å². The van der Waals surface area contributed by atoms with Gasteiger partial charge < -0.3 is 19.7 Å². The van der Waals surface area contributed by atoms with E-state index in [4.69, 9.17) is 9.47 Å². The molecule has 1 aromatic rings. The van der Waals surface area contributed by atoms with Crippen molar-refractivity contribution in [3.05, 3.63) is 0 Å². The molecule has 0 amide bonds. The Labute approximate surface area is 126 Å². The minimum absolute atomic E-state index is 0.101. The molecule has 2 rings (SSSR count). The average Bonchev–Trinajstić information content (AvgIpc) is 2.48. The summed E-state index contributed by atoms with van der Waals surface area (Å²) in [5.74, 6) is 1.22. The molecule has 1 unspecified atom stereocenters. The minimum atomic E-state index is 0.101. The summed E-state index contributed by atoms with van der Waals surface area (Å²) < 4.78 is 11.2. The normalized spacial score (nSPS) is 16.6. The summed E-state index contributed by atoms with van der Waals surface area (Å²) in [6.07, 6.45) is 2.15. The first-order chi connectivity index (χ1) is 10.2. The summed E-state index contributed by atoms with van der Waals surface area (Å²) >= 11 is 0. The highest BCUT2D eigenvalue weighted by Gasteiger charge is 2.17. The second-order valence-corrected chi connectivity index (χ2v) is 5.09. The Balaban J connectivity index is 2.16. The molecular weight excluding hydrogens is 270 g/mol. The van der Waals surface area contributed by atoms with Crippen LogP contribution in [-0.4, -0.2) is 53.9 Å². The highest BCUT2D eigenvalue weighted by atomic mass is 16.5. The van der Waals surface area contributed by atoms with Gasteiger partial charge in [-0.05, 0) is 20.3 Å². The number of hydrogen-bond acceptors (Lipinski definition) is 7. The van der Waals surface area contributed by atoms with Crippen LogP contribution in [0.5, 0.6) is 6.01 Å². The predicted octanol–water partition coefficient (Wildman–Crippen LogP) is 1.71. The summed E-state index contributed by atoms with van der Waals surface area (Å²) in [7, 11) is 0. The lowest BCUT2D eigenvalue weighted by atomic mass is 10.2. The molecule has 0 radical (unpaired) electrons. The lowest BCUT2D eigenvalue weighted by molar-refractivity contribution is 0.121.